The zero-order valence-corrected chi connectivity index (χ0v) is 8.10. The van der Waals surface area contributed by atoms with E-state index in [2.05, 4.69) is 15.5 Å². The SMILES string of the molecule is Cc1nnc(-c2ccc(NC=O)cc2)o1. The smallest absolute Gasteiger partial charge is 0.247 e. The number of aryl methyl sites for hydroxylation is 1. The summed E-state index contributed by atoms with van der Waals surface area (Å²) in [6, 6.07) is 7.14. The second kappa shape index (κ2) is 3.91. The van der Waals surface area contributed by atoms with Gasteiger partial charge in [0, 0.05) is 18.2 Å². The summed E-state index contributed by atoms with van der Waals surface area (Å²) in [6.07, 6.45) is 0.631. The lowest BCUT2D eigenvalue weighted by molar-refractivity contribution is -0.105. The molecule has 0 unspecified atom stereocenters. The van der Waals surface area contributed by atoms with Crippen LogP contribution in [0.1, 0.15) is 5.89 Å². The maximum atomic E-state index is 10.2. The first-order valence-electron chi connectivity index (χ1n) is 4.40. The van der Waals surface area contributed by atoms with Crippen LogP contribution in [0.2, 0.25) is 0 Å². The molecule has 0 aliphatic heterocycles. The molecule has 0 aliphatic carbocycles. The predicted molar refractivity (Wildman–Crippen MR) is 54.2 cm³/mol. The molecule has 15 heavy (non-hydrogen) atoms. The molecule has 76 valence electrons. The first-order valence-corrected chi connectivity index (χ1v) is 4.40. The van der Waals surface area contributed by atoms with Gasteiger partial charge >= 0.3 is 0 Å². The van der Waals surface area contributed by atoms with E-state index in [-0.39, 0.29) is 0 Å². The van der Waals surface area contributed by atoms with Crippen molar-refractivity contribution in [1.29, 1.82) is 0 Å². The number of amides is 1. The Morgan fingerprint density at radius 1 is 1.27 bits per heavy atom. The molecular weight excluding hydrogens is 194 g/mol. The largest absolute Gasteiger partial charge is 0.421 e. The number of hydrogen-bond donors (Lipinski definition) is 1. The van der Waals surface area contributed by atoms with Crippen LogP contribution in [0.5, 0.6) is 0 Å². The van der Waals surface area contributed by atoms with E-state index in [1.807, 2.05) is 0 Å². The van der Waals surface area contributed by atoms with Gasteiger partial charge in [0.1, 0.15) is 0 Å². The van der Waals surface area contributed by atoms with Gasteiger partial charge in [-0.2, -0.15) is 0 Å². The van der Waals surface area contributed by atoms with Crippen LogP contribution in [0.15, 0.2) is 28.7 Å². The molecule has 5 nitrogen and oxygen atoms in total. The number of rotatable bonds is 3. The first kappa shape index (κ1) is 9.39. The number of anilines is 1. The van der Waals surface area contributed by atoms with Crippen molar-refractivity contribution in [3.05, 3.63) is 30.2 Å². The highest BCUT2D eigenvalue weighted by Crippen LogP contribution is 2.19. The lowest BCUT2D eigenvalue weighted by Gasteiger charge is -1.98. The van der Waals surface area contributed by atoms with Crippen LogP contribution in [0.25, 0.3) is 11.5 Å². The lowest BCUT2D eigenvalue weighted by Crippen LogP contribution is -1.92. The van der Waals surface area contributed by atoms with E-state index in [1.54, 1.807) is 31.2 Å². The number of benzene rings is 1. The summed E-state index contributed by atoms with van der Waals surface area (Å²) in [5.41, 5.74) is 1.55. The van der Waals surface area contributed by atoms with Crippen LogP contribution >= 0.6 is 0 Å². The highest BCUT2D eigenvalue weighted by molar-refractivity contribution is 5.72. The number of nitrogens with zero attached hydrogens (tertiary/aromatic N) is 2. The van der Waals surface area contributed by atoms with Crippen LogP contribution in [0.3, 0.4) is 0 Å². The van der Waals surface area contributed by atoms with E-state index in [0.717, 1.165) is 11.3 Å². The molecule has 1 aromatic heterocycles. The molecule has 1 aromatic carbocycles. The Hall–Kier alpha value is -2.17. The summed E-state index contributed by atoms with van der Waals surface area (Å²) in [5.74, 6) is 1.00. The van der Waals surface area contributed by atoms with E-state index in [4.69, 9.17) is 4.42 Å². The van der Waals surface area contributed by atoms with Gasteiger partial charge in [-0.05, 0) is 24.3 Å². The van der Waals surface area contributed by atoms with Crippen molar-refractivity contribution in [2.24, 2.45) is 0 Å². The molecule has 0 saturated heterocycles. The Morgan fingerprint density at radius 2 is 2.00 bits per heavy atom. The maximum Gasteiger partial charge on any atom is 0.247 e. The lowest BCUT2D eigenvalue weighted by atomic mass is 10.2. The standard InChI is InChI=1S/C10H9N3O2/c1-7-12-13-10(15-7)8-2-4-9(5-3-8)11-6-14/h2-6H,1H3,(H,11,14). The third-order valence-electron chi connectivity index (χ3n) is 1.88. The normalized spacial score (nSPS) is 9.93. The van der Waals surface area contributed by atoms with Gasteiger partial charge in [0.2, 0.25) is 18.2 Å². The van der Waals surface area contributed by atoms with Gasteiger partial charge in [-0.25, -0.2) is 0 Å². The summed E-state index contributed by atoms with van der Waals surface area (Å²) >= 11 is 0. The van der Waals surface area contributed by atoms with Crippen molar-refractivity contribution in [2.75, 3.05) is 5.32 Å². The fourth-order valence-electron chi connectivity index (χ4n) is 1.19. The van der Waals surface area contributed by atoms with E-state index in [1.165, 1.54) is 0 Å². The Labute approximate surface area is 86.1 Å². The fraction of sp³-hybridized carbons (Fsp3) is 0.100. The molecular formula is C10H9N3O2. The molecule has 0 bridgehead atoms. The van der Waals surface area contributed by atoms with Crippen LogP contribution < -0.4 is 5.32 Å². The maximum absolute atomic E-state index is 10.2. The first-order chi connectivity index (χ1) is 7.29. The number of aromatic nitrogens is 2. The second-order valence-electron chi connectivity index (χ2n) is 2.97. The van der Waals surface area contributed by atoms with E-state index in [0.29, 0.717) is 18.2 Å². The number of carbonyl (C=O) groups is 1. The molecule has 0 radical (unpaired) electrons. The predicted octanol–water partition coefficient (Wildman–Crippen LogP) is 1.61. The van der Waals surface area contributed by atoms with Crippen molar-refractivity contribution in [3.8, 4) is 11.5 Å². The van der Waals surface area contributed by atoms with Gasteiger partial charge in [-0.3, -0.25) is 4.79 Å². The monoisotopic (exact) mass is 203 g/mol. The minimum Gasteiger partial charge on any atom is -0.421 e. The highest BCUT2D eigenvalue weighted by Gasteiger charge is 2.04. The van der Waals surface area contributed by atoms with Crippen molar-refractivity contribution < 1.29 is 9.21 Å². The molecule has 0 atom stereocenters. The summed E-state index contributed by atoms with van der Waals surface area (Å²) in [5, 5.41) is 10.2. The average Bonchev–Trinajstić information content (AvgIpc) is 2.67. The van der Waals surface area contributed by atoms with Crippen LogP contribution in [-0.2, 0) is 4.79 Å². The molecule has 1 amide bonds. The van der Waals surface area contributed by atoms with Gasteiger partial charge in [-0.15, -0.1) is 10.2 Å². The van der Waals surface area contributed by atoms with Crippen molar-refractivity contribution >= 4 is 12.1 Å². The van der Waals surface area contributed by atoms with Crippen LogP contribution in [-0.4, -0.2) is 16.6 Å². The minimum absolute atomic E-state index is 0.477. The summed E-state index contributed by atoms with van der Waals surface area (Å²) in [7, 11) is 0. The number of hydrogen-bond acceptors (Lipinski definition) is 4. The van der Waals surface area contributed by atoms with Crippen LogP contribution in [0, 0.1) is 6.92 Å². The Bertz CT molecular complexity index is 462. The Balaban J connectivity index is 2.27. The van der Waals surface area contributed by atoms with Crippen molar-refractivity contribution in [3.63, 3.8) is 0 Å². The number of nitrogens with one attached hydrogen (secondary N) is 1. The average molecular weight is 203 g/mol. The number of carbonyl (C=O) groups excluding carboxylic acids is 1. The van der Waals surface area contributed by atoms with E-state index < -0.39 is 0 Å². The topological polar surface area (TPSA) is 68.0 Å². The quantitative estimate of drug-likeness (QED) is 0.769. The summed E-state index contributed by atoms with van der Waals surface area (Å²) < 4.78 is 5.26. The van der Waals surface area contributed by atoms with Gasteiger partial charge in [-0.1, -0.05) is 0 Å². The third-order valence-corrected chi connectivity index (χ3v) is 1.88. The Morgan fingerprint density at radius 3 is 2.53 bits per heavy atom. The molecule has 1 N–H and O–H groups in total. The van der Waals surface area contributed by atoms with Gasteiger partial charge < -0.3 is 9.73 Å². The summed E-state index contributed by atoms with van der Waals surface area (Å²) in [6.45, 7) is 1.73. The van der Waals surface area contributed by atoms with Crippen molar-refractivity contribution in [1.82, 2.24) is 10.2 Å². The molecule has 1 heterocycles. The zero-order valence-electron chi connectivity index (χ0n) is 8.10. The van der Waals surface area contributed by atoms with E-state index in [9.17, 15) is 4.79 Å². The van der Waals surface area contributed by atoms with Gasteiger partial charge in [0.15, 0.2) is 0 Å². The third kappa shape index (κ3) is 2.01. The molecule has 2 aromatic rings. The summed E-state index contributed by atoms with van der Waals surface area (Å²) in [4.78, 5) is 10.2. The minimum atomic E-state index is 0.477. The molecule has 5 heteroatoms. The zero-order chi connectivity index (χ0) is 10.7. The van der Waals surface area contributed by atoms with Crippen molar-refractivity contribution in [2.45, 2.75) is 6.92 Å². The van der Waals surface area contributed by atoms with Gasteiger partial charge in [0.25, 0.3) is 0 Å². The fourth-order valence-corrected chi connectivity index (χ4v) is 1.19. The molecule has 0 saturated carbocycles. The van der Waals surface area contributed by atoms with Crippen LogP contribution in [0.4, 0.5) is 5.69 Å². The Kier molecular flexibility index (Phi) is 2.45. The van der Waals surface area contributed by atoms with E-state index >= 15 is 0 Å². The highest BCUT2D eigenvalue weighted by atomic mass is 16.4. The molecule has 0 fully saturated rings. The second-order valence-corrected chi connectivity index (χ2v) is 2.97. The molecule has 0 aliphatic rings. The molecule has 0 spiro atoms. The van der Waals surface area contributed by atoms with Gasteiger partial charge in [0.05, 0.1) is 0 Å². The molecule has 2 rings (SSSR count).